The van der Waals surface area contributed by atoms with Gasteiger partial charge in [0.1, 0.15) is 0 Å². The predicted octanol–water partition coefficient (Wildman–Crippen LogP) is 3.25. The Balaban J connectivity index is -0.000000189. The summed E-state index contributed by atoms with van der Waals surface area (Å²) in [6.07, 6.45) is 2.06. The first kappa shape index (κ1) is 18.6. The Kier molecular flexibility index (Phi) is 22.2. The summed E-state index contributed by atoms with van der Waals surface area (Å²) in [5.41, 5.74) is 0. The normalized spacial score (nSPS) is 6.58. The fourth-order valence-electron chi connectivity index (χ4n) is 0.508. The first-order valence-electron chi connectivity index (χ1n) is 3.14. The van der Waals surface area contributed by atoms with Crippen LogP contribution in [0.5, 0.6) is 0 Å². The molecule has 3 heteroatoms. The number of halogens is 1. The third kappa shape index (κ3) is 8.91. The summed E-state index contributed by atoms with van der Waals surface area (Å²) in [4.78, 5) is 1.30. The topological polar surface area (TPSA) is 0 Å². The van der Waals surface area contributed by atoms with Crippen LogP contribution in [0.15, 0.2) is 29.2 Å². The van der Waals surface area contributed by atoms with E-state index < -0.39 is 0 Å². The van der Waals surface area contributed by atoms with Crippen LogP contribution in [0.4, 0.5) is 0 Å². The van der Waals surface area contributed by atoms with E-state index in [0.29, 0.717) is 0 Å². The minimum absolute atomic E-state index is 0. The Morgan fingerprint density at radius 2 is 1.67 bits per heavy atom. The number of hydrogen-bond donors (Lipinski definition) is 0. The second-order valence-electron chi connectivity index (χ2n) is 1.44. The van der Waals surface area contributed by atoms with E-state index in [1.54, 1.807) is 18.7 Å². The van der Waals surface area contributed by atoms with Crippen molar-refractivity contribution in [3.8, 4) is 0 Å². The smallest absolute Gasteiger partial charge is 0.346 e. The van der Waals surface area contributed by atoms with E-state index >= 15 is 0 Å². The monoisotopic (exact) mass is 256 g/mol. The maximum atomic E-state index is 3.25. The molecule has 0 unspecified atom stereocenters. The first-order chi connectivity index (χ1) is 4.93. The largest absolute Gasteiger partial charge is 2.00 e. The number of hydrogen-bond acceptors (Lipinski definition) is 1. The zero-order valence-electron chi connectivity index (χ0n) is 7.54. The van der Waals surface area contributed by atoms with Crippen LogP contribution in [0.2, 0.25) is 0 Å². The van der Waals surface area contributed by atoms with Gasteiger partial charge in [0.05, 0.1) is 0 Å². The van der Waals surface area contributed by atoms with Crippen molar-refractivity contribution in [1.29, 1.82) is 0 Å². The average Bonchev–Trinajstić information content (AvgIpc) is 2.10. The summed E-state index contributed by atoms with van der Waals surface area (Å²) in [5.74, 6) is 0. The number of benzene rings is 1. The van der Waals surface area contributed by atoms with Crippen LogP contribution < -0.4 is 0 Å². The molecule has 12 heavy (non-hydrogen) atoms. The van der Waals surface area contributed by atoms with Crippen molar-refractivity contribution in [3.63, 3.8) is 0 Å². The van der Waals surface area contributed by atoms with Gasteiger partial charge in [0, 0.05) is 0 Å². The van der Waals surface area contributed by atoms with Gasteiger partial charge in [0.25, 0.3) is 0 Å². The molecule has 1 rings (SSSR count). The van der Waals surface area contributed by atoms with Crippen molar-refractivity contribution < 1.29 is 0 Å². The fraction of sp³-hybridized carbons (Fsp3) is 0.222. The molecule has 0 aliphatic heterocycles. The van der Waals surface area contributed by atoms with Crippen LogP contribution >= 0.6 is 28.7 Å². The second-order valence-corrected chi connectivity index (χ2v) is 2.32. The molecule has 0 N–H and O–H groups in total. The summed E-state index contributed by atoms with van der Waals surface area (Å²) in [6.45, 7) is 5.00. The molecule has 64 valence electrons. The maximum absolute atomic E-state index is 3.25. The molecular formula is C9H13BrMgS. The van der Waals surface area contributed by atoms with Gasteiger partial charge in [-0.05, 0) is 6.26 Å². The van der Waals surface area contributed by atoms with E-state index in [-0.39, 0.29) is 40.0 Å². The SMILES string of the molecule is Br.CSc1cc[c-]cc1.[CH2-]C.[Mg+2]. The Morgan fingerprint density at radius 1 is 1.25 bits per heavy atom. The minimum atomic E-state index is 0. The summed E-state index contributed by atoms with van der Waals surface area (Å²) in [6, 6.07) is 10.9. The molecule has 0 heterocycles. The first-order valence-corrected chi connectivity index (χ1v) is 4.37. The summed E-state index contributed by atoms with van der Waals surface area (Å²) >= 11 is 1.75. The maximum Gasteiger partial charge on any atom is 2.00 e. The molecule has 0 amide bonds. The van der Waals surface area contributed by atoms with Crippen LogP contribution in [-0.4, -0.2) is 29.3 Å². The Bertz CT molecular complexity index is 156. The number of rotatable bonds is 1. The Morgan fingerprint density at radius 3 is 1.92 bits per heavy atom. The van der Waals surface area contributed by atoms with Gasteiger partial charge in [0.15, 0.2) is 0 Å². The van der Waals surface area contributed by atoms with E-state index in [2.05, 4.69) is 19.2 Å². The van der Waals surface area contributed by atoms with Crippen LogP contribution in [0.3, 0.4) is 0 Å². The molecule has 1 aromatic rings. The van der Waals surface area contributed by atoms with E-state index in [0.717, 1.165) is 0 Å². The quantitative estimate of drug-likeness (QED) is 0.423. The van der Waals surface area contributed by atoms with Crippen molar-refractivity contribution >= 4 is 51.8 Å². The van der Waals surface area contributed by atoms with Gasteiger partial charge in [-0.3, -0.25) is 0 Å². The second kappa shape index (κ2) is 14.3. The zero-order valence-corrected chi connectivity index (χ0v) is 11.5. The van der Waals surface area contributed by atoms with E-state index in [9.17, 15) is 0 Å². The molecule has 0 spiro atoms. The Hall–Kier alpha value is 0.816. The van der Waals surface area contributed by atoms with Gasteiger partial charge in [-0.15, -0.1) is 21.9 Å². The third-order valence-electron chi connectivity index (χ3n) is 0.923. The van der Waals surface area contributed by atoms with E-state index in [1.807, 2.05) is 24.3 Å². The molecule has 0 bridgehead atoms. The summed E-state index contributed by atoms with van der Waals surface area (Å²) in [5, 5.41) is 0. The molecule has 1 aromatic carbocycles. The molecule has 0 aliphatic rings. The van der Waals surface area contributed by atoms with Crippen molar-refractivity contribution in [1.82, 2.24) is 0 Å². The van der Waals surface area contributed by atoms with Gasteiger partial charge < -0.3 is 6.92 Å². The predicted molar refractivity (Wildman–Crippen MR) is 64.2 cm³/mol. The molecule has 0 aliphatic carbocycles. The van der Waals surface area contributed by atoms with Gasteiger partial charge in [0.2, 0.25) is 0 Å². The van der Waals surface area contributed by atoms with Crippen molar-refractivity contribution in [3.05, 3.63) is 37.3 Å². The third-order valence-corrected chi connectivity index (χ3v) is 1.67. The summed E-state index contributed by atoms with van der Waals surface area (Å²) in [7, 11) is 0. The van der Waals surface area contributed by atoms with Crippen molar-refractivity contribution in [2.75, 3.05) is 6.26 Å². The van der Waals surface area contributed by atoms with Crippen LogP contribution in [0, 0.1) is 13.0 Å². The average molecular weight is 257 g/mol. The van der Waals surface area contributed by atoms with E-state index in [4.69, 9.17) is 0 Å². The van der Waals surface area contributed by atoms with Gasteiger partial charge in [-0.25, -0.2) is 0 Å². The van der Waals surface area contributed by atoms with Crippen LogP contribution in [-0.2, 0) is 0 Å². The Labute approximate surface area is 106 Å². The summed E-state index contributed by atoms with van der Waals surface area (Å²) < 4.78 is 0. The number of thioether (sulfide) groups is 1. The molecule has 0 saturated heterocycles. The standard InChI is InChI=1S/C7H7S.C2H5.BrH.Mg/c1-8-7-5-3-2-4-6-7;1-2;;/h3-6H,1H3;1H2,2H3;1H;/q2*-1;;+2. The zero-order chi connectivity index (χ0) is 7.82. The van der Waals surface area contributed by atoms with Crippen molar-refractivity contribution in [2.24, 2.45) is 0 Å². The van der Waals surface area contributed by atoms with E-state index in [1.165, 1.54) is 4.90 Å². The molecule has 0 saturated carbocycles. The molecule has 0 fully saturated rings. The molecule has 0 aromatic heterocycles. The fourth-order valence-corrected chi connectivity index (χ4v) is 0.916. The minimum Gasteiger partial charge on any atom is -0.346 e. The van der Waals surface area contributed by atoms with Crippen LogP contribution in [0.25, 0.3) is 0 Å². The van der Waals surface area contributed by atoms with Gasteiger partial charge in [-0.2, -0.15) is 49.0 Å². The van der Waals surface area contributed by atoms with Gasteiger partial charge >= 0.3 is 23.1 Å². The van der Waals surface area contributed by atoms with Gasteiger partial charge in [-0.1, -0.05) is 0 Å². The van der Waals surface area contributed by atoms with Crippen LogP contribution in [0.1, 0.15) is 6.92 Å². The molecule has 0 radical (unpaired) electrons. The molecule has 0 nitrogen and oxygen atoms in total. The van der Waals surface area contributed by atoms with Crippen molar-refractivity contribution in [2.45, 2.75) is 11.8 Å². The molecular weight excluding hydrogens is 244 g/mol. The molecule has 0 atom stereocenters.